The summed E-state index contributed by atoms with van der Waals surface area (Å²) in [5, 5.41) is 0. The molecule has 0 bridgehead atoms. The minimum Gasteiger partial charge on any atom is -0.369 e. The summed E-state index contributed by atoms with van der Waals surface area (Å²) in [5.41, 5.74) is 7.38. The van der Waals surface area contributed by atoms with Gasteiger partial charge >= 0.3 is 0 Å². The lowest BCUT2D eigenvalue weighted by atomic mass is 9.90. The van der Waals surface area contributed by atoms with E-state index in [4.69, 9.17) is 5.73 Å². The van der Waals surface area contributed by atoms with Gasteiger partial charge in [-0.1, -0.05) is 60.7 Å². The molecule has 0 aromatic heterocycles. The first-order valence-electron chi connectivity index (χ1n) is 6.15. The largest absolute Gasteiger partial charge is 0.369 e. The standard InChI is InChI=1S/C16H15NO/c17-15(18)16(13-9-5-2-6-10-13)11-14(16)12-7-3-1-4-8-12/h1-10,14H,11H2,(H2,17,18)/t14-,16-/m0/s1. The molecule has 0 radical (unpaired) electrons. The minimum absolute atomic E-state index is 0.220. The van der Waals surface area contributed by atoms with E-state index in [2.05, 4.69) is 12.1 Å². The number of nitrogens with two attached hydrogens (primary N) is 1. The van der Waals surface area contributed by atoms with Crippen molar-refractivity contribution >= 4 is 5.91 Å². The van der Waals surface area contributed by atoms with Crippen LogP contribution >= 0.6 is 0 Å². The Morgan fingerprint density at radius 1 is 1.00 bits per heavy atom. The quantitative estimate of drug-likeness (QED) is 0.876. The molecule has 0 aliphatic heterocycles. The number of amides is 1. The van der Waals surface area contributed by atoms with Gasteiger partial charge in [0.25, 0.3) is 0 Å². The van der Waals surface area contributed by atoms with Crippen LogP contribution < -0.4 is 5.73 Å². The molecule has 90 valence electrons. The zero-order valence-electron chi connectivity index (χ0n) is 10.0. The Morgan fingerprint density at radius 2 is 1.56 bits per heavy atom. The number of hydrogen-bond donors (Lipinski definition) is 1. The van der Waals surface area contributed by atoms with E-state index in [0.29, 0.717) is 0 Å². The fourth-order valence-electron chi connectivity index (χ4n) is 2.82. The highest BCUT2D eigenvalue weighted by atomic mass is 16.1. The summed E-state index contributed by atoms with van der Waals surface area (Å²) in [6, 6.07) is 20.0. The maximum atomic E-state index is 11.9. The summed E-state index contributed by atoms with van der Waals surface area (Å²) in [4.78, 5) is 11.9. The van der Waals surface area contributed by atoms with Crippen molar-refractivity contribution in [2.24, 2.45) is 5.73 Å². The van der Waals surface area contributed by atoms with Crippen LogP contribution in [0.2, 0.25) is 0 Å². The van der Waals surface area contributed by atoms with Gasteiger partial charge in [-0.05, 0) is 17.5 Å². The molecule has 2 nitrogen and oxygen atoms in total. The molecule has 18 heavy (non-hydrogen) atoms. The monoisotopic (exact) mass is 237 g/mol. The van der Waals surface area contributed by atoms with Gasteiger partial charge in [0.2, 0.25) is 5.91 Å². The molecule has 0 saturated heterocycles. The Labute approximate surface area is 106 Å². The van der Waals surface area contributed by atoms with Crippen molar-refractivity contribution in [3.63, 3.8) is 0 Å². The lowest BCUT2D eigenvalue weighted by molar-refractivity contribution is -0.120. The van der Waals surface area contributed by atoms with E-state index in [0.717, 1.165) is 12.0 Å². The van der Waals surface area contributed by atoms with Crippen LogP contribution in [0.1, 0.15) is 23.5 Å². The van der Waals surface area contributed by atoms with Crippen molar-refractivity contribution in [3.8, 4) is 0 Å². The Bertz CT molecular complexity index is 564. The maximum absolute atomic E-state index is 11.9. The van der Waals surface area contributed by atoms with Gasteiger partial charge in [-0.15, -0.1) is 0 Å². The highest BCUT2D eigenvalue weighted by Crippen LogP contribution is 2.60. The highest BCUT2D eigenvalue weighted by molar-refractivity contribution is 5.92. The van der Waals surface area contributed by atoms with Crippen molar-refractivity contribution < 1.29 is 4.79 Å². The molecule has 1 saturated carbocycles. The van der Waals surface area contributed by atoms with Gasteiger partial charge in [0.05, 0.1) is 5.41 Å². The zero-order valence-corrected chi connectivity index (χ0v) is 10.0. The number of benzene rings is 2. The van der Waals surface area contributed by atoms with Gasteiger partial charge in [0.15, 0.2) is 0 Å². The molecule has 2 aromatic rings. The molecule has 0 unspecified atom stereocenters. The van der Waals surface area contributed by atoms with Crippen LogP contribution in [0.15, 0.2) is 60.7 Å². The van der Waals surface area contributed by atoms with E-state index >= 15 is 0 Å². The van der Waals surface area contributed by atoms with Crippen molar-refractivity contribution in [2.45, 2.75) is 17.8 Å². The first-order chi connectivity index (χ1) is 8.75. The zero-order chi connectivity index (χ0) is 12.6. The third-order valence-electron chi connectivity index (χ3n) is 3.89. The summed E-state index contributed by atoms with van der Waals surface area (Å²) >= 11 is 0. The third kappa shape index (κ3) is 1.53. The SMILES string of the molecule is NC(=O)[C@]1(c2ccccc2)C[C@H]1c1ccccc1. The second kappa shape index (κ2) is 3.98. The van der Waals surface area contributed by atoms with E-state index in [1.165, 1.54) is 5.56 Å². The second-order valence-corrected chi connectivity index (χ2v) is 4.87. The molecule has 2 aromatic carbocycles. The van der Waals surface area contributed by atoms with E-state index in [1.807, 2.05) is 48.5 Å². The van der Waals surface area contributed by atoms with Gasteiger partial charge in [0.1, 0.15) is 0 Å². The maximum Gasteiger partial charge on any atom is 0.228 e. The average molecular weight is 237 g/mol. The minimum atomic E-state index is -0.497. The Balaban J connectivity index is 2.01. The second-order valence-electron chi connectivity index (χ2n) is 4.87. The topological polar surface area (TPSA) is 43.1 Å². The van der Waals surface area contributed by atoms with Crippen molar-refractivity contribution in [3.05, 3.63) is 71.8 Å². The summed E-state index contributed by atoms with van der Waals surface area (Å²) in [5.74, 6) is 0.00107. The van der Waals surface area contributed by atoms with E-state index < -0.39 is 5.41 Å². The van der Waals surface area contributed by atoms with Crippen LogP contribution in [0.3, 0.4) is 0 Å². The van der Waals surface area contributed by atoms with Crippen LogP contribution in [0.5, 0.6) is 0 Å². The Hall–Kier alpha value is -2.09. The van der Waals surface area contributed by atoms with Crippen LogP contribution in [0, 0.1) is 0 Å². The first-order valence-corrected chi connectivity index (χ1v) is 6.15. The highest BCUT2D eigenvalue weighted by Gasteiger charge is 2.60. The summed E-state index contributed by atoms with van der Waals surface area (Å²) in [6.45, 7) is 0. The van der Waals surface area contributed by atoms with Crippen molar-refractivity contribution in [1.82, 2.24) is 0 Å². The van der Waals surface area contributed by atoms with Gasteiger partial charge in [0, 0.05) is 5.92 Å². The van der Waals surface area contributed by atoms with Crippen LogP contribution in [0.25, 0.3) is 0 Å². The van der Waals surface area contributed by atoms with E-state index in [-0.39, 0.29) is 11.8 Å². The van der Waals surface area contributed by atoms with Gasteiger partial charge in [-0.3, -0.25) is 4.79 Å². The number of primary amides is 1. The molecule has 1 fully saturated rings. The molecular formula is C16H15NO. The van der Waals surface area contributed by atoms with Crippen molar-refractivity contribution in [1.29, 1.82) is 0 Å². The van der Waals surface area contributed by atoms with Crippen LogP contribution in [-0.4, -0.2) is 5.91 Å². The van der Waals surface area contributed by atoms with Gasteiger partial charge in [-0.25, -0.2) is 0 Å². The lowest BCUT2D eigenvalue weighted by Crippen LogP contribution is -2.30. The van der Waals surface area contributed by atoms with Gasteiger partial charge < -0.3 is 5.73 Å². The molecule has 0 spiro atoms. The number of hydrogen-bond acceptors (Lipinski definition) is 1. The summed E-state index contributed by atoms with van der Waals surface area (Å²) in [7, 11) is 0. The predicted molar refractivity (Wildman–Crippen MR) is 71.1 cm³/mol. The summed E-state index contributed by atoms with van der Waals surface area (Å²) in [6.07, 6.45) is 0.816. The van der Waals surface area contributed by atoms with Gasteiger partial charge in [-0.2, -0.15) is 0 Å². The Morgan fingerprint density at radius 3 is 2.11 bits per heavy atom. The number of carbonyl (C=O) groups excluding carboxylic acids is 1. The molecule has 2 atom stereocenters. The fourth-order valence-corrected chi connectivity index (χ4v) is 2.82. The first kappa shape index (κ1) is 11.0. The van der Waals surface area contributed by atoms with Crippen LogP contribution in [-0.2, 0) is 10.2 Å². The molecule has 0 heterocycles. The lowest BCUT2D eigenvalue weighted by Gasteiger charge is -2.14. The number of carbonyl (C=O) groups is 1. The molecule has 3 rings (SSSR count). The van der Waals surface area contributed by atoms with E-state index in [1.54, 1.807) is 0 Å². The smallest absolute Gasteiger partial charge is 0.228 e. The molecular weight excluding hydrogens is 222 g/mol. The summed E-state index contributed by atoms with van der Waals surface area (Å²) < 4.78 is 0. The molecule has 2 N–H and O–H groups in total. The fraction of sp³-hybridized carbons (Fsp3) is 0.188. The number of rotatable bonds is 3. The average Bonchev–Trinajstić information content (AvgIpc) is 3.18. The molecule has 2 heteroatoms. The molecule has 1 aliphatic rings. The molecule has 1 aliphatic carbocycles. The molecule has 1 amide bonds. The van der Waals surface area contributed by atoms with Crippen molar-refractivity contribution in [2.75, 3.05) is 0 Å². The van der Waals surface area contributed by atoms with E-state index in [9.17, 15) is 4.79 Å². The predicted octanol–water partition coefficient (Wildman–Crippen LogP) is 2.60. The third-order valence-corrected chi connectivity index (χ3v) is 3.89. The van der Waals surface area contributed by atoms with Crippen LogP contribution in [0.4, 0.5) is 0 Å². The normalized spacial score (nSPS) is 25.7. The Kier molecular flexibility index (Phi) is 2.44.